The van der Waals surface area contributed by atoms with Gasteiger partial charge in [0, 0.05) is 0 Å². The van der Waals surface area contributed by atoms with Crippen molar-refractivity contribution in [3.63, 3.8) is 0 Å². The second kappa shape index (κ2) is 10.4. The van der Waals surface area contributed by atoms with Crippen LogP contribution in [0.5, 0.6) is 0 Å². The molecule has 2 aliphatic heterocycles. The lowest BCUT2D eigenvalue weighted by Gasteiger charge is -2.45. The molecule has 212 valence electrons. The lowest BCUT2D eigenvalue weighted by Crippen LogP contribution is -2.60. The monoisotopic (exact) mass is 558 g/mol. The lowest BCUT2D eigenvalue weighted by molar-refractivity contribution is -0.165. The summed E-state index contributed by atoms with van der Waals surface area (Å²) in [5.41, 5.74) is -2.86. The molecule has 0 bridgehead atoms. The molecule has 2 aliphatic rings. The lowest BCUT2D eigenvalue weighted by atomic mass is 9.75. The number of hydrogen-bond donors (Lipinski definition) is 0. The number of fused-ring (bicyclic) bond motifs is 6. The number of esters is 6. The van der Waals surface area contributed by atoms with Crippen LogP contribution in [0.3, 0.4) is 0 Å². The zero-order valence-corrected chi connectivity index (χ0v) is 22.4. The van der Waals surface area contributed by atoms with E-state index in [1.807, 2.05) is 0 Å². The van der Waals surface area contributed by atoms with Crippen molar-refractivity contribution in [1.29, 1.82) is 0 Å². The van der Waals surface area contributed by atoms with Crippen molar-refractivity contribution in [3.8, 4) is 5.69 Å². The van der Waals surface area contributed by atoms with Crippen molar-refractivity contribution in [1.82, 2.24) is 4.57 Å². The molecular formula is C26H26N2O12. The molecule has 0 amide bonds. The van der Waals surface area contributed by atoms with E-state index in [9.17, 15) is 28.8 Å². The Hall–Kier alpha value is -4.88. The highest BCUT2D eigenvalue weighted by molar-refractivity contribution is 6.08. The van der Waals surface area contributed by atoms with Gasteiger partial charge in [0.1, 0.15) is 23.6 Å². The summed E-state index contributed by atoms with van der Waals surface area (Å²) in [7, 11) is 6.38. The van der Waals surface area contributed by atoms with Crippen molar-refractivity contribution < 1.29 is 57.2 Å². The number of aromatic nitrogens is 1. The van der Waals surface area contributed by atoms with E-state index >= 15 is 0 Å². The number of hydrogen-bond acceptors (Lipinski definition) is 13. The fourth-order valence-corrected chi connectivity index (χ4v) is 5.76. The SMILES string of the molecule is COC(=O)c1cc2n(c1C(=O)OC)-c1ccccc1N1[C@H](C(=O)OC)[C@H](C(=O)OC)[C@H](C(=O)OC)[C@]21C(=O)OC. The summed E-state index contributed by atoms with van der Waals surface area (Å²) in [6.45, 7) is 0. The van der Waals surface area contributed by atoms with Gasteiger partial charge in [-0.1, -0.05) is 12.1 Å². The Balaban J connectivity index is 2.31. The Morgan fingerprint density at radius 2 is 1.27 bits per heavy atom. The molecule has 4 rings (SSSR count). The summed E-state index contributed by atoms with van der Waals surface area (Å²) in [5, 5.41) is 0. The molecule has 2 aromatic rings. The molecule has 1 aromatic carbocycles. The quantitative estimate of drug-likeness (QED) is 0.353. The zero-order chi connectivity index (χ0) is 29.5. The summed E-state index contributed by atoms with van der Waals surface area (Å²) in [6, 6.07) is 5.75. The van der Waals surface area contributed by atoms with E-state index in [-0.39, 0.29) is 28.3 Å². The standard InChI is InChI=1S/C26H26N2O12/c1-35-20(29)12-11-15-26(25(34)40-6)17(22(31)37-3)16(21(30)36-2)19(24(33)39-5)28(26)14-10-8-7-9-13(14)27(15)18(12)23(32)38-4/h7-11,16-17,19H,1-6H3/t16-,17-,19+,26+/m1/s1. The van der Waals surface area contributed by atoms with Gasteiger partial charge < -0.3 is 37.9 Å². The molecule has 1 fully saturated rings. The first-order valence-electron chi connectivity index (χ1n) is 11.8. The highest BCUT2D eigenvalue weighted by Gasteiger charge is 2.74. The second-order valence-electron chi connectivity index (χ2n) is 8.74. The van der Waals surface area contributed by atoms with Crippen molar-refractivity contribution in [2.45, 2.75) is 11.6 Å². The predicted octanol–water partition coefficient (Wildman–Crippen LogP) is 0.372. The van der Waals surface area contributed by atoms with Crippen LogP contribution in [0, 0.1) is 11.8 Å². The summed E-state index contributed by atoms with van der Waals surface area (Å²) >= 11 is 0. The van der Waals surface area contributed by atoms with E-state index in [2.05, 4.69) is 0 Å². The van der Waals surface area contributed by atoms with Gasteiger partial charge in [0.05, 0.1) is 65.3 Å². The molecule has 1 aromatic heterocycles. The molecule has 1 saturated heterocycles. The van der Waals surface area contributed by atoms with Crippen LogP contribution in [0.25, 0.3) is 5.69 Å². The minimum atomic E-state index is -2.36. The van der Waals surface area contributed by atoms with Crippen LogP contribution in [-0.2, 0) is 53.1 Å². The van der Waals surface area contributed by atoms with E-state index in [1.165, 1.54) is 15.5 Å². The third kappa shape index (κ3) is 3.55. The van der Waals surface area contributed by atoms with E-state index in [0.29, 0.717) is 0 Å². The number of ether oxygens (including phenoxy) is 6. The molecule has 0 spiro atoms. The molecule has 0 N–H and O–H groups in total. The molecule has 14 heteroatoms. The number of rotatable bonds is 6. The van der Waals surface area contributed by atoms with Crippen LogP contribution in [0.4, 0.5) is 5.69 Å². The number of methoxy groups -OCH3 is 6. The molecular weight excluding hydrogens is 532 g/mol. The van der Waals surface area contributed by atoms with Crippen LogP contribution >= 0.6 is 0 Å². The third-order valence-electron chi connectivity index (χ3n) is 7.23. The van der Waals surface area contributed by atoms with Crippen molar-refractivity contribution >= 4 is 41.5 Å². The molecule has 14 nitrogen and oxygen atoms in total. The van der Waals surface area contributed by atoms with Crippen molar-refractivity contribution in [2.75, 3.05) is 47.6 Å². The van der Waals surface area contributed by atoms with Gasteiger partial charge >= 0.3 is 35.8 Å². The van der Waals surface area contributed by atoms with Gasteiger partial charge in [-0.3, -0.25) is 9.59 Å². The average molecular weight is 558 g/mol. The summed E-state index contributed by atoms with van der Waals surface area (Å²) in [6.07, 6.45) is 0. The maximum atomic E-state index is 14.1. The summed E-state index contributed by atoms with van der Waals surface area (Å²) < 4.78 is 31.3. The first-order chi connectivity index (χ1) is 19.1. The summed E-state index contributed by atoms with van der Waals surface area (Å²) in [5.74, 6) is -9.59. The number of para-hydroxylation sites is 2. The fourth-order valence-electron chi connectivity index (χ4n) is 5.76. The smallest absolute Gasteiger partial charge is 0.355 e. The van der Waals surface area contributed by atoms with Crippen LogP contribution in [-0.4, -0.2) is 89.1 Å². The Kier molecular flexibility index (Phi) is 7.28. The van der Waals surface area contributed by atoms with Crippen LogP contribution in [0.15, 0.2) is 30.3 Å². The molecule has 40 heavy (non-hydrogen) atoms. The van der Waals surface area contributed by atoms with Gasteiger partial charge in [0.2, 0.25) is 0 Å². The third-order valence-corrected chi connectivity index (χ3v) is 7.23. The van der Waals surface area contributed by atoms with Gasteiger partial charge in [0.15, 0.2) is 5.54 Å². The zero-order valence-electron chi connectivity index (χ0n) is 22.4. The van der Waals surface area contributed by atoms with Crippen LogP contribution in [0.1, 0.15) is 26.5 Å². The Morgan fingerprint density at radius 3 is 1.80 bits per heavy atom. The maximum absolute atomic E-state index is 14.1. The van der Waals surface area contributed by atoms with Crippen molar-refractivity contribution in [2.24, 2.45) is 11.8 Å². The Bertz CT molecular complexity index is 1430. The largest absolute Gasteiger partial charge is 0.469 e. The van der Waals surface area contributed by atoms with Gasteiger partial charge in [-0.25, -0.2) is 19.2 Å². The first-order valence-corrected chi connectivity index (χ1v) is 11.8. The number of anilines is 1. The van der Waals surface area contributed by atoms with E-state index in [0.717, 1.165) is 48.7 Å². The fraction of sp³-hybridized carbons (Fsp3) is 0.385. The van der Waals surface area contributed by atoms with Crippen LogP contribution < -0.4 is 4.90 Å². The molecule has 0 aliphatic carbocycles. The normalized spacial score (nSPS) is 22.1. The highest BCUT2D eigenvalue weighted by atomic mass is 16.6. The number of carbonyl (C=O) groups is 6. The topological polar surface area (TPSA) is 166 Å². The van der Waals surface area contributed by atoms with Crippen LogP contribution in [0.2, 0.25) is 0 Å². The molecule has 0 saturated carbocycles. The van der Waals surface area contributed by atoms with Gasteiger partial charge in [-0.2, -0.15) is 0 Å². The minimum Gasteiger partial charge on any atom is -0.469 e. The number of nitrogens with zero attached hydrogens (tertiary/aromatic N) is 2. The Labute approximate surface area is 227 Å². The first kappa shape index (κ1) is 28.1. The van der Waals surface area contributed by atoms with Gasteiger partial charge in [-0.05, 0) is 18.2 Å². The molecule has 0 radical (unpaired) electrons. The van der Waals surface area contributed by atoms with Crippen molar-refractivity contribution in [3.05, 3.63) is 47.3 Å². The molecule has 3 heterocycles. The van der Waals surface area contributed by atoms with Gasteiger partial charge in [0.25, 0.3) is 0 Å². The second-order valence-corrected chi connectivity index (χ2v) is 8.74. The van der Waals surface area contributed by atoms with E-state index in [4.69, 9.17) is 28.4 Å². The molecule has 4 atom stereocenters. The highest BCUT2D eigenvalue weighted by Crippen LogP contribution is 2.58. The number of carbonyl (C=O) groups excluding carboxylic acids is 6. The van der Waals surface area contributed by atoms with E-state index < -0.39 is 59.2 Å². The minimum absolute atomic E-state index is 0.119. The maximum Gasteiger partial charge on any atom is 0.355 e. The average Bonchev–Trinajstić information content (AvgIpc) is 3.54. The summed E-state index contributed by atoms with van der Waals surface area (Å²) in [4.78, 5) is 81.6. The van der Waals surface area contributed by atoms with Gasteiger partial charge in [-0.15, -0.1) is 0 Å². The molecule has 0 unspecified atom stereocenters. The Morgan fingerprint density at radius 1 is 0.700 bits per heavy atom. The number of benzene rings is 1. The predicted molar refractivity (Wildman–Crippen MR) is 131 cm³/mol. The van der Waals surface area contributed by atoms with E-state index in [1.54, 1.807) is 18.2 Å².